The predicted octanol–water partition coefficient (Wildman–Crippen LogP) is 3.90. The molecule has 0 heterocycles. The highest BCUT2D eigenvalue weighted by Gasteiger charge is 2.37. The number of nitrogens with one attached hydrogen (secondary N) is 1. The number of alkyl halides is 3. The Kier molecular flexibility index (Phi) is 4.88. The van der Waals surface area contributed by atoms with Gasteiger partial charge in [-0.15, -0.1) is 0 Å². The van der Waals surface area contributed by atoms with Crippen LogP contribution in [0.2, 0.25) is 0 Å². The molecule has 0 radical (unpaired) electrons. The van der Waals surface area contributed by atoms with Crippen LogP contribution in [0.4, 0.5) is 23.7 Å². The third-order valence-corrected chi connectivity index (χ3v) is 2.60. The van der Waals surface area contributed by atoms with Crippen LogP contribution in [-0.2, 0) is 4.74 Å². The summed E-state index contributed by atoms with van der Waals surface area (Å²) in [7, 11) is 0. The topological polar surface area (TPSA) is 64.3 Å². The van der Waals surface area contributed by atoms with Gasteiger partial charge in [-0.05, 0) is 44.9 Å². The normalized spacial score (nSPS) is 13.7. The molecular formula is C14H19F3N2O2. The summed E-state index contributed by atoms with van der Waals surface area (Å²) in [6.07, 6.45) is -5.18. The Morgan fingerprint density at radius 1 is 1.29 bits per heavy atom. The minimum absolute atomic E-state index is 0.0604. The van der Waals surface area contributed by atoms with E-state index in [0.29, 0.717) is 11.3 Å². The van der Waals surface area contributed by atoms with Gasteiger partial charge in [-0.3, -0.25) is 5.32 Å². The molecule has 0 aliphatic carbocycles. The van der Waals surface area contributed by atoms with Crippen molar-refractivity contribution in [1.29, 1.82) is 0 Å². The molecule has 4 nitrogen and oxygen atoms in total. The minimum atomic E-state index is -4.51. The van der Waals surface area contributed by atoms with Gasteiger partial charge in [0.2, 0.25) is 0 Å². The number of carbonyl (C=O) groups is 1. The second-order valence-corrected chi connectivity index (χ2v) is 5.72. The van der Waals surface area contributed by atoms with E-state index in [-0.39, 0.29) is 5.56 Å². The maximum absolute atomic E-state index is 12.5. The Morgan fingerprint density at radius 3 is 2.29 bits per heavy atom. The summed E-state index contributed by atoms with van der Waals surface area (Å²) in [6, 6.07) is 1.86. The highest BCUT2D eigenvalue weighted by atomic mass is 19.4. The number of benzene rings is 1. The quantitative estimate of drug-likeness (QED) is 0.871. The number of anilines is 1. The Balaban J connectivity index is 2.87. The molecule has 1 amide bonds. The van der Waals surface area contributed by atoms with Crippen molar-refractivity contribution >= 4 is 11.8 Å². The fourth-order valence-corrected chi connectivity index (χ4v) is 1.62. The number of carbonyl (C=O) groups excluding carboxylic acids is 1. The van der Waals surface area contributed by atoms with Crippen LogP contribution < -0.4 is 11.1 Å². The van der Waals surface area contributed by atoms with Crippen LogP contribution >= 0.6 is 0 Å². The fourth-order valence-electron chi connectivity index (χ4n) is 1.62. The van der Waals surface area contributed by atoms with Crippen molar-refractivity contribution in [2.75, 3.05) is 5.32 Å². The highest BCUT2D eigenvalue weighted by molar-refractivity contribution is 5.85. The number of rotatable bonds is 2. The molecule has 1 aromatic rings. The number of aryl methyl sites for hydroxylation is 1. The van der Waals surface area contributed by atoms with Crippen molar-refractivity contribution in [2.45, 2.75) is 45.5 Å². The zero-order valence-corrected chi connectivity index (χ0v) is 12.3. The van der Waals surface area contributed by atoms with E-state index in [1.54, 1.807) is 27.7 Å². The number of nitrogens with two attached hydrogens (primary N) is 1. The van der Waals surface area contributed by atoms with E-state index >= 15 is 0 Å². The molecule has 0 aromatic heterocycles. The molecular weight excluding hydrogens is 285 g/mol. The van der Waals surface area contributed by atoms with Crippen molar-refractivity contribution in [2.24, 2.45) is 5.73 Å². The summed E-state index contributed by atoms with van der Waals surface area (Å²) in [5.74, 6) is 0. The fraction of sp³-hybridized carbons (Fsp3) is 0.500. The van der Waals surface area contributed by atoms with Gasteiger partial charge in [0, 0.05) is 5.69 Å². The highest BCUT2D eigenvalue weighted by Crippen LogP contribution is 2.32. The average Bonchev–Trinajstić information content (AvgIpc) is 2.27. The standard InChI is InChI=1S/C14H19F3N2O2/c1-8-7-9(11(18)14(15,16)17)5-6-10(8)19-12(20)21-13(2,3)4/h5-7,11H,18H2,1-4H3,(H,19,20). The van der Waals surface area contributed by atoms with Crippen molar-refractivity contribution < 1.29 is 22.7 Å². The summed E-state index contributed by atoms with van der Waals surface area (Å²) in [4.78, 5) is 11.6. The molecule has 0 saturated heterocycles. The van der Waals surface area contributed by atoms with E-state index in [9.17, 15) is 18.0 Å². The number of amides is 1. The molecule has 1 aromatic carbocycles. The van der Waals surface area contributed by atoms with E-state index in [1.165, 1.54) is 18.2 Å². The monoisotopic (exact) mass is 304 g/mol. The lowest BCUT2D eigenvalue weighted by Crippen LogP contribution is -2.29. The van der Waals surface area contributed by atoms with Crippen molar-refractivity contribution in [3.05, 3.63) is 29.3 Å². The average molecular weight is 304 g/mol. The lowest BCUT2D eigenvalue weighted by molar-refractivity contribution is -0.149. The summed E-state index contributed by atoms with van der Waals surface area (Å²) < 4.78 is 42.7. The maximum Gasteiger partial charge on any atom is 0.412 e. The smallest absolute Gasteiger partial charge is 0.412 e. The van der Waals surface area contributed by atoms with Crippen LogP contribution in [0.25, 0.3) is 0 Å². The first-order valence-corrected chi connectivity index (χ1v) is 6.33. The van der Waals surface area contributed by atoms with Gasteiger partial charge in [0.1, 0.15) is 11.6 Å². The van der Waals surface area contributed by atoms with Crippen LogP contribution in [0.5, 0.6) is 0 Å². The van der Waals surface area contributed by atoms with Crippen LogP contribution in [0, 0.1) is 6.92 Å². The second kappa shape index (κ2) is 5.93. The lowest BCUT2D eigenvalue weighted by atomic mass is 10.0. The Hall–Kier alpha value is -1.76. The van der Waals surface area contributed by atoms with Gasteiger partial charge < -0.3 is 10.5 Å². The Labute approximate surface area is 121 Å². The van der Waals surface area contributed by atoms with Gasteiger partial charge in [0.25, 0.3) is 0 Å². The third kappa shape index (κ3) is 5.26. The van der Waals surface area contributed by atoms with E-state index in [0.717, 1.165) is 0 Å². The molecule has 1 atom stereocenters. The molecule has 0 aliphatic rings. The van der Waals surface area contributed by atoms with E-state index in [4.69, 9.17) is 10.5 Å². The molecule has 7 heteroatoms. The van der Waals surface area contributed by atoms with Crippen LogP contribution in [0.1, 0.15) is 37.9 Å². The molecule has 1 unspecified atom stereocenters. The van der Waals surface area contributed by atoms with Crippen molar-refractivity contribution in [1.82, 2.24) is 0 Å². The molecule has 0 saturated carbocycles. The minimum Gasteiger partial charge on any atom is -0.444 e. The Bertz CT molecular complexity index is 522. The number of ether oxygens (including phenoxy) is 1. The molecule has 118 valence electrons. The van der Waals surface area contributed by atoms with Gasteiger partial charge in [-0.25, -0.2) is 4.79 Å². The number of hydrogen-bond acceptors (Lipinski definition) is 3. The van der Waals surface area contributed by atoms with Crippen LogP contribution in [0.15, 0.2) is 18.2 Å². The van der Waals surface area contributed by atoms with Gasteiger partial charge in [-0.2, -0.15) is 13.2 Å². The molecule has 21 heavy (non-hydrogen) atoms. The van der Waals surface area contributed by atoms with Gasteiger partial charge in [0.05, 0.1) is 0 Å². The molecule has 0 fully saturated rings. The van der Waals surface area contributed by atoms with Crippen molar-refractivity contribution in [3.63, 3.8) is 0 Å². The van der Waals surface area contributed by atoms with Gasteiger partial charge >= 0.3 is 12.3 Å². The lowest BCUT2D eigenvalue weighted by Gasteiger charge is -2.21. The predicted molar refractivity (Wildman–Crippen MR) is 74.0 cm³/mol. The molecule has 0 aliphatic heterocycles. The SMILES string of the molecule is Cc1cc(C(N)C(F)(F)F)ccc1NC(=O)OC(C)(C)C. The molecule has 3 N–H and O–H groups in total. The van der Waals surface area contributed by atoms with Crippen LogP contribution in [0.3, 0.4) is 0 Å². The number of halogens is 3. The van der Waals surface area contributed by atoms with Gasteiger partial charge in [-0.1, -0.05) is 12.1 Å². The molecule has 0 bridgehead atoms. The van der Waals surface area contributed by atoms with E-state index < -0.39 is 23.9 Å². The van der Waals surface area contributed by atoms with Crippen LogP contribution in [-0.4, -0.2) is 17.9 Å². The largest absolute Gasteiger partial charge is 0.444 e. The summed E-state index contributed by atoms with van der Waals surface area (Å²) >= 11 is 0. The summed E-state index contributed by atoms with van der Waals surface area (Å²) in [5.41, 5.74) is 5.27. The van der Waals surface area contributed by atoms with E-state index in [2.05, 4.69) is 5.32 Å². The zero-order chi connectivity index (χ0) is 16.4. The van der Waals surface area contributed by atoms with Gasteiger partial charge in [0.15, 0.2) is 0 Å². The third-order valence-electron chi connectivity index (χ3n) is 2.60. The number of hydrogen-bond donors (Lipinski definition) is 2. The first-order valence-electron chi connectivity index (χ1n) is 6.33. The summed E-state index contributed by atoms with van der Waals surface area (Å²) in [6.45, 7) is 6.72. The Morgan fingerprint density at radius 2 is 1.86 bits per heavy atom. The molecule has 1 rings (SSSR count). The molecule has 0 spiro atoms. The zero-order valence-electron chi connectivity index (χ0n) is 12.3. The maximum atomic E-state index is 12.5. The van der Waals surface area contributed by atoms with E-state index in [1.807, 2.05) is 0 Å². The first kappa shape index (κ1) is 17.3. The second-order valence-electron chi connectivity index (χ2n) is 5.72. The summed E-state index contributed by atoms with van der Waals surface area (Å²) in [5, 5.41) is 2.49. The first-order chi connectivity index (χ1) is 9.40. The van der Waals surface area contributed by atoms with Crippen molar-refractivity contribution in [3.8, 4) is 0 Å².